The van der Waals surface area contributed by atoms with Gasteiger partial charge in [-0.3, -0.25) is 14.4 Å². The van der Waals surface area contributed by atoms with Gasteiger partial charge in [0.05, 0.1) is 11.4 Å². The maximum atomic E-state index is 12.8. The molecule has 1 aromatic heterocycles. The van der Waals surface area contributed by atoms with Gasteiger partial charge < -0.3 is 25.0 Å². The van der Waals surface area contributed by atoms with Crippen LogP contribution in [0, 0.1) is 0 Å². The maximum Gasteiger partial charge on any atom is 0.313 e. The molecular weight excluding hydrogens is 394 g/mol. The van der Waals surface area contributed by atoms with Gasteiger partial charge in [-0.2, -0.15) is 0 Å². The van der Waals surface area contributed by atoms with E-state index < -0.39 is 18.1 Å². The smallest absolute Gasteiger partial charge is 0.313 e. The van der Waals surface area contributed by atoms with Gasteiger partial charge in [-0.25, -0.2) is 0 Å². The van der Waals surface area contributed by atoms with Gasteiger partial charge in [0.25, 0.3) is 5.91 Å². The molecule has 0 aliphatic carbocycles. The van der Waals surface area contributed by atoms with Gasteiger partial charge >= 0.3 is 11.8 Å². The van der Waals surface area contributed by atoms with E-state index in [1.54, 1.807) is 23.1 Å². The molecule has 0 fully saturated rings. The number of methoxy groups -OCH3 is 2. The van der Waals surface area contributed by atoms with E-state index in [-0.39, 0.29) is 12.5 Å². The number of hydrogen-bond donors (Lipinski definition) is 2. The molecule has 0 bridgehead atoms. The van der Waals surface area contributed by atoms with Crippen molar-refractivity contribution in [2.24, 2.45) is 0 Å². The quantitative estimate of drug-likeness (QED) is 0.554. The highest BCUT2D eigenvalue weighted by atomic mass is 32.1. The van der Waals surface area contributed by atoms with Crippen molar-refractivity contribution in [1.29, 1.82) is 0 Å². The second kappa shape index (κ2) is 9.64. The molecule has 2 aromatic rings. The molecule has 3 amide bonds. The van der Waals surface area contributed by atoms with Crippen molar-refractivity contribution < 1.29 is 23.9 Å². The van der Waals surface area contributed by atoms with E-state index in [9.17, 15) is 14.4 Å². The number of ether oxygens (including phenoxy) is 2. The Balaban J connectivity index is 1.70. The normalized spacial score (nSPS) is 13.1. The summed E-state index contributed by atoms with van der Waals surface area (Å²) in [6, 6.07) is 8.98. The van der Waals surface area contributed by atoms with Crippen LogP contribution in [-0.4, -0.2) is 51.3 Å². The number of rotatable bonds is 6. The lowest BCUT2D eigenvalue weighted by atomic mass is 10.0. The SMILES string of the molecule is COC(CNC(=O)C(=O)Nc1ccc2c(c1)N(C(=O)c1cccs1)CCC2)OC. The minimum Gasteiger partial charge on any atom is -0.354 e. The highest BCUT2D eigenvalue weighted by Crippen LogP contribution is 2.31. The van der Waals surface area contributed by atoms with Crippen LogP contribution in [0.15, 0.2) is 35.7 Å². The number of fused-ring (bicyclic) bond motifs is 1. The summed E-state index contributed by atoms with van der Waals surface area (Å²) >= 11 is 1.40. The summed E-state index contributed by atoms with van der Waals surface area (Å²) in [5.41, 5.74) is 2.24. The Morgan fingerprint density at radius 2 is 1.97 bits per heavy atom. The van der Waals surface area contributed by atoms with Gasteiger partial charge in [-0.1, -0.05) is 12.1 Å². The lowest BCUT2D eigenvalue weighted by Crippen LogP contribution is -2.40. The second-order valence-corrected chi connectivity index (χ2v) is 7.39. The van der Waals surface area contributed by atoms with Gasteiger partial charge in [-0.15, -0.1) is 11.3 Å². The van der Waals surface area contributed by atoms with Gasteiger partial charge in [0, 0.05) is 32.1 Å². The van der Waals surface area contributed by atoms with Crippen LogP contribution in [-0.2, 0) is 25.5 Å². The van der Waals surface area contributed by atoms with Gasteiger partial charge in [0.1, 0.15) is 0 Å². The van der Waals surface area contributed by atoms with Crippen LogP contribution in [0.2, 0.25) is 0 Å². The van der Waals surface area contributed by atoms with Crippen molar-refractivity contribution in [1.82, 2.24) is 5.32 Å². The third-order valence-electron chi connectivity index (χ3n) is 4.60. The summed E-state index contributed by atoms with van der Waals surface area (Å²) in [5.74, 6) is -1.66. The van der Waals surface area contributed by atoms with Gasteiger partial charge in [0.15, 0.2) is 6.29 Å². The summed E-state index contributed by atoms with van der Waals surface area (Å²) in [6.07, 6.45) is 1.10. The first kappa shape index (κ1) is 21.0. The third kappa shape index (κ3) is 5.00. The van der Waals surface area contributed by atoms with Gasteiger partial charge in [-0.05, 0) is 42.0 Å². The lowest BCUT2D eigenvalue weighted by molar-refractivity contribution is -0.139. The van der Waals surface area contributed by atoms with Crippen LogP contribution in [0.4, 0.5) is 11.4 Å². The van der Waals surface area contributed by atoms with Gasteiger partial charge in [0.2, 0.25) is 0 Å². The minimum atomic E-state index is -0.803. The van der Waals surface area contributed by atoms with Crippen LogP contribution < -0.4 is 15.5 Å². The molecule has 2 heterocycles. The Kier molecular flexibility index (Phi) is 6.97. The van der Waals surface area contributed by atoms with Crippen molar-refractivity contribution in [2.75, 3.05) is 37.5 Å². The Morgan fingerprint density at radius 1 is 1.17 bits per heavy atom. The first-order valence-electron chi connectivity index (χ1n) is 9.16. The van der Waals surface area contributed by atoms with E-state index >= 15 is 0 Å². The number of nitrogens with zero attached hydrogens (tertiary/aromatic N) is 1. The number of anilines is 2. The van der Waals surface area contributed by atoms with E-state index in [1.807, 2.05) is 17.5 Å². The largest absolute Gasteiger partial charge is 0.354 e. The zero-order valence-electron chi connectivity index (χ0n) is 16.3. The van der Waals surface area contributed by atoms with Crippen molar-refractivity contribution in [3.8, 4) is 0 Å². The number of hydrogen-bond acceptors (Lipinski definition) is 6. The Hall–Kier alpha value is -2.75. The number of nitrogens with one attached hydrogen (secondary N) is 2. The average molecular weight is 417 g/mol. The fraction of sp³-hybridized carbons (Fsp3) is 0.350. The van der Waals surface area contributed by atoms with Crippen LogP contribution in [0.3, 0.4) is 0 Å². The highest BCUT2D eigenvalue weighted by Gasteiger charge is 2.25. The lowest BCUT2D eigenvalue weighted by Gasteiger charge is -2.29. The molecule has 0 saturated carbocycles. The van der Waals surface area contributed by atoms with E-state index in [1.165, 1.54) is 25.6 Å². The highest BCUT2D eigenvalue weighted by molar-refractivity contribution is 7.12. The van der Waals surface area contributed by atoms with E-state index in [0.29, 0.717) is 17.1 Å². The molecule has 3 rings (SSSR count). The molecule has 9 heteroatoms. The summed E-state index contributed by atoms with van der Waals surface area (Å²) in [4.78, 5) is 39.4. The zero-order valence-corrected chi connectivity index (χ0v) is 17.1. The number of carbonyl (C=O) groups excluding carboxylic acids is 3. The standard InChI is InChI=1S/C20H23N3O5S/c1-27-17(28-2)12-21-18(24)19(25)22-14-8-7-13-5-3-9-23(15(13)11-14)20(26)16-6-4-10-29-16/h4,6-8,10-11,17H,3,5,9,12H2,1-2H3,(H,21,24)(H,22,25). The fourth-order valence-electron chi connectivity index (χ4n) is 3.10. The van der Waals surface area contributed by atoms with E-state index in [4.69, 9.17) is 9.47 Å². The second-order valence-electron chi connectivity index (χ2n) is 6.45. The first-order chi connectivity index (χ1) is 14.0. The number of carbonyl (C=O) groups is 3. The molecule has 1 aromatic carbocycles. The van der Waals surface area contributed by atoms with Crippen LogP contribution in [0.25, 0.3) is 0 Å². The molecule has 0 atom stereocenters. The molecule has 29 heavy (non-hydrogen) atoms. The molecular formula is C20H23N3O5S. The van der Waals surface area contributed by atoms with Crippen molar-refractivity contribution in [2.45, 2.75) is 19.1 Å². The molecule has 154 valence electrons. The Bertz CT molecular complexity index is 880. The predicted molar refractivity (Wildman–Crippen MR) is 110 cm³/mol. The molecule has 1 aliphatic heterocycles. The predicted octanol–water partition coefficient (Wildman–Crippen LogP) is 2.01. The Labute approximate surface area is 172 Å². The summed E-state index contributed by atoms with van der Waals surface area (Å²) in [5, 5.41) is 6.89. The summed E-state index contributed by atoms with van der Waals surface area (Å²) in [6.45, 7) is 0.656. The van der Waals surface area contributed by atoms with Crippen molar-refractivity contribution >= 4 is 40.4 Å². The molecule has 8 nitrogen and oxygen atoms in total. The van der Waals surface area contributed by atoms with Crippen molar-refractivity contribution in [3.63, 3.8) is 0 Å². The van der Waals surface area contributed by atoms with Crippen molar-refractivity contribution in [3.05, 3.63) is 46.2 Å². The summed E-state index contributed by atoms with van der Waals surface area (Å²) < 4.78 is 9.94. The zero-order chi connectivity index (χ0) is 20.8. The first-order valence-corrected chi connectivity index (χ1v) is 10.0. The van der Waals surface area contributed by atoms with Crippen LogP contribution in [0.5, 0.6) is 0 Å². The van der Waals surface area contributed by atoms with Crippen LogP contribution >= 0.6 is 11.3 Å². The minimum absolute atomic E-state index is 0.0481. The van der Waals surface area contributed by atoms with E-state index in [2.05, 4.69) is 10.6 Å². The number of thiophene rings is 1. The fourth-order valence-corrected chi connectivity index (χ4v) is 3.78. The molecule has 0 spiro atoms. The molecule has 1 aliphatic rings. The number of aryl methyl sites for hydroxylation is 1. The molecule has 0 radical (unpaired) electrons. The molecule has 0 saturated heterocycles. The molecule has 0 unspecified atom stereocenters. The molecule has 2 N–H and O–H groups in total. The average Bonchev–Trinajstić information content (AvgIpc) is 3.28. The summed E-state index contributed by atoms with van der Waals surface area (Å²) in [7, 11) is 2.88. The van der Waals surface area contributed by atoms with Crippen LogP contribution in [0.1, 0.15) is 21.7 Å². The van der Waals surface area contributed by atoms with E-state index in [0.717, 1.165) is 24.1 Å². The Morgan fingerprint density at radius 3 is 2.66 bits per heavy atom. The maximum absolute atomic E-state index is 12.8. The monoisotopic (exact) mass is 417 g/mol. The number of amides is 3. The number of benzene rings is 1. The third-order valence-corrected chi connectivity index (χ3v) is 5.46. The topological polar surface area (TPSA) is 97.0 Å².